The molecule has 0 aliphatic carbocycles. The van der Waals surface area contributed by atoms with Crippen molar-refractivity contribution >= 4 is 36.0 Å². The summed E-state index contributed by atoms with van der Waals surface area (Å²) in [4.78, 5) is 20.8. The van der Waals surface area contributed by atoms with Gasteiger partial charge in [-0.05, 0) is 45.4 Å². The summed E-state index contributed by atoms with van der Waals surface area (Å²) in [6, 6.07) is 5.91. The van der Waals surface area contributed by atoms with Crippen molar-refractivity contribution in [3.63, 3.8) is 0 Å². The lowest BCUT2D eigenvalue weighted by molar-refractivity contribution is 0.0527. The van der Waals surface area contributed by atoms with Crippen LogP contribution in [0.4, 0.5) is 4.79 Å². The Bertz CT molecular complexity index is 762. The number of aliphatic imine (C=N–C) groups is 1. The molecule has 0 unspecified atom stereocenters. The van der Waals surface area contributed by atoms with E-state index in [2.05, 4.69) is 25.4 Å². The standard InChI is InChI=1S/C23H39N5O4.HI/c1-23(2,3)32-22(29)26-11-7-10-25-21(24-4)28-14-12-27(13-15-28)17-18-16-19(30-5)8-9-20(18)31-6;/h8-9,16H,7,10-15,17H2,1-6H3,(H,24,25)(H,26,29);1H. The molecule has 2 N–H and O–H groups in total. The molecule has 1 aliphatic rings. The SMILES string of the molecule is CN=C(NCCCNC(=O)OC(C)(C)C)N1CCN(Cc2cc(OC)ccc2OC)CC1.I. The molecule has 0 radical (unpaired) electrons. The van der Waals surface area contributed by atoms with E-state index in [9.17, 15) is 4.79 Å². The second-order valence-electron chi connectivity index (χ2n) is 8.70. The molecule has 9 nitrogen and oxygen atoms in total. The number of piperazine rings is 1. The Labute approximate surface area is 215 Å². The summed E-state index contributed by atoms with van der Waals surface area (Å²) < 4.78 is 16.1. The van der Waals surface area contributed by atoms with Gasteiger partial charge >= 0.3 is 6.09 Å². The lowest BCUT2D eigenvalue weighted by atomic mass is 10.1. The Kier molecular flexibility index (Phi) is 12.6. The lowest BCUT2D eigenvalue weighted by Gasteiger charge is -2.36. The number of ether oxygens (including phenoxy) is 3. The number of amides is 1. The van der Waals surface area contributed by atoms with E-state index in [0.717, 1.165) is 68.7 Å². The minimum Gasteiger partial charge on any atom is -0.497 e. The molecule has 188 valence electrons. The van der Waals surface area contributed by atoms with Gasteiger partial charge in [-0.3, -0.25) is 9.89 Å². The van der Waals surface area contributed by atoms with E-state index in [1.165, 1.54) is 0 Å². The van der Waals surface area contributed by atoms with Gasteiger partial charge in [0, 0.05) is 58.4 Å². The third kappa shape index (κ3) is 10.2. The molecular formula is C23H40IN5O4. The van der Waals surface area contributed by atoms with Crippen LogP contribution in [0.15, 0.2) is 23.2 Å². The zero-order chi connectivity index (χ0) is 23.6. The number of guanidine groups is 1. The Morgan fingerprint density at radius 2 is 1.73 bits per heavy atom. The molecule has 1 amide bonds. The van der Waals surface area contributed by atoms with Gasteiger partial charge in [-0.25, -0.2) is 4.79 Å². The third-order valence-electron chi connectivity index (χ3n) is 5.07. The smallest absolute Gasteiger partial charge is 0.407 e. The van der Waals surface area contributed by atoms with Crippen molar-refractivity contribution in [1.82, 2.24) is 20.4 Å². The zero-order valence-corrected chi connectivity index (χ0v) is 23.1. The lowest BCUT2D eigenvalue weighted by Crippen LogP contribution is -2.52. The highest BCUT2D eigenvalue weighted by atomic mass is 127. The minimum absolute atomic E-state index is 0. The van der Waals surface area contributed by atoms with Crippen molar-refractivity contribution in [3.8, 4) is 11.5 Å². The Morgan fingerprint density at radius 1 is 1.06 bits per heavy atom. The highest BCUT2D eigenvalue weighted by molar-refractivity contribution is 14.0. The molecule has 1 aliphatic heterocycles. The van der Waals surface area contributed by atoms with Crippen LogP contribution < -0.4 is 20.1 Å². The number of rotatable bonds is 8. The van der Waals surface area contributed by atoms with E-state index in [1.54, 1.807) is 21.3 Å². The van der Waals surface area contributed by atoms with Crippen LogP contribution in [-0.4, -0.2) is 88.0 Å². The van der Waals surface area contributed by atoms with Crippen LogP contribution in [0.5, 0.6) is 11.5 Å². The number of methoxy groups -OCH3 is 2. The van der Waals surface area contributed by atoms with Gasteiger partial charge in [-0.1, -0.05) is 0 Å². The number of benzene rings is 1. The molecule has 0 atom stereocenters. The number of carbonyl (C=O) groups is 1. The van der Waals surface area contributed by atoms with Crippen LogP contribution >= 0.6 is 24.0 Å². The van der Waals surface area contributed by atoms with Crippen LogP contribution in [0.1, 0.15) is 32.8 Å². The summed E-state index contributed by atoms with van der Waals surface area (Å²) in [5.41, 5.74) is 0.643. The van der Waals surface area contributed by atoms with E-state index in [1.807, 2.05) is 39.0 Å². The maximum atomic E-state index is 11.7. The molecule has 1 fully saturated rings. The molecular weight excluding hydrogens is 537 g/mol. The van der Waals surface area contributed by atoms with Gasteiger partial charge in [-0.2, -0.15) is 0 Å². The highest BCUT2D eigenvalue weighted by Crippen LogP contribution is 2.25. The number of alkyl carbamates (subject to hydrolysis) is 1. The maximum Gasteiger partial charge on any atom is 0.407 e. The quantitative estimate of drug-likeness (QED) is 0.213. The fraction of sp³-hybridized carbons (Fsp3) is 0.652. The monoisotopic (exact) mass is 577 g/mol. The average molecular weight is 578 g/mol. The first kappa shape index (κ1) is 29.1. The summed E-state index contributed by atoms with van der Waals surface area (Å²) in [5.74, 6) is 2.61. The van der Waals surface area contributed by atoms with E-state index in [4.69, 9.17) is 14.2 Å². The number of halogens is 1. The largest absolute Gasteiger partial charge is 0.497 e. The van der Waals surface area contributed by atoms with E-state index in [-0.39, 0.29) is 30.1 Å². The van der Waals surface area contributed by atoms with Crippen molar-refractivity contribution in [2.75, 3.05) is 60.5 Å². The zero-order valence-electron chi connectivity index (χ0n) is 20.8. The minimum atomic E-state index is -0.482. The molecule has 2 rings (SSSR count). The first-order valence-corrected chi connectivity index (χ1v) is 11.1. The number of nitrogens with zero attached hydrogens (tertiary/aromatic N) is 3. The molecule has 0 aromatic heterocycles. The first-order chi connectivity index (χ1) is 15.3. The summed E-state index contributed by atoms with van der Waals surface area (Å²) in [6.07, 6.45) is 0.402. The molecule has 0 bridgehead atoms. The van der Waals surface area contributed by atoms with Gasteiger partial charge in [0.25, 0.3) is 0 Å². The van der Waals surface area contributed by atoms with Gasteiger partial charge in [0.2, 0.25) is 0 Å². The van der Waals surface area contributed by atoms with E-state index in [0.29, 0.717) is 6.54 Å². The van der Waals surface area contributed by atoms with Crippen LogP contribution in [-0.2, 0) is 11.3 Å². The van der Waals surface area contributed by atoms with Gasteiger partial charge in [0.1, 0.15) is 17.1 Å². The number of carbonyl (C=O) groups excluding carboxylic acids is 1. The summed E-state index contributed by atoms with van der Waals surface area (Å²) in [6.45, 7) is 11.3. The van der Waals surface area contributed by atoms with Gasteiger partial charge in [-0.15, -0.1) is 24.0 Å². The summed E-state index contributed by atoms with van der Waals surface area (Å²) in [5, 5.41) is 6.16. The van der Waals surface area contributed by atoms with Crippen molar-refractivity contribution in [1.29, 1.82) is 0 Å². The number of hydrogen-bond donors (Lipinski definition) is 2. The predicted molar refractivity (Wildman–Crippen MR) is 142 cm³/mol. The van der Waals surface area contributed by atoms with E-state index < -0.39 is 5.60 Å². The normalized spacial score (nSPS) is 14.8. The van der Waals surface area contributed by atoms with Gasteiger partial charge in [0.05, 0.1) is 14.2 Å². The molecule has 0 saturated carbocycles. The summed E-state index contributed by atoms with van der Waals surface area (Å²) in [7, 11) is 5.17. The van der Waals surface area contributed by atoms with E-state index >= 15 is 0 Å². The molecule has 1 heterocycles. The molecule has 1 saturated heterocycles. The molecule has 10 heteroatoms. The molecule has 33 heavy (non-hydrogen) atoms. The second-order valence-corrected chi connectivity index (χ2v) is 8.70. The average Bonchev–Trinajstić information content (AvgIpc) is 2.75. The Balaban J connectivity index is 0.00000544. The van der Waals surface area contributed by atoms with Crippen LogP contribution in [0.3, 0.4) is 0 Å². The molecule has 1 aromatic carbocycles. The fourth-order valence-corrected chi connectivity index (χ4v) is 3.49. The van der Waals surface area contributed by atoms with Crippen molar-refractivity contribution in [2.24, 2.45) is 4.99 Å². The van der Waals surface area contributed by atoms with Crippen molar-refractivity contribution < 1.29 is 19.0 Å². The number of hydrogen-bond acceptors (Lipinski definition) is 6. The number of nitrogens with one attached hydrogen (secondary N) is 2. The summed E-state index contributed by atoms with van der Waals surface area (Å²) >= 11 is 0. The topological polar surface area (TPSA) is 87.7 Å². The molecule has 1 aromatic rings. The highest BCUT2D eigenvalue weighted by Gasteiger charge is 2.21. The third-order valence-corrected chi connectivity index (χ3v) is 5.07. The maximum absolute atomic E-state index is 11.7. The van der Waals surface area contributed by atoms with Gasteiger partial charge in [0.15, 0.2) is 5.96 Å². The van der Waals surface area contributed by atoms with Gasteiger partial charge < -0.3 is 29.7 Å². The Hall–Kier alpha value is -1.95. The first-order valence-electron chi connectivity index (χ1n) is 11.1. The van der Waals surface area contributed by atoms with Crippen LogP contribution in [0, 0.1) is 0 Å². The molecule has 0 spiro atoms. The van der Waals surface area contributed by atoms with Crippen LogP contribution in [0.2, 0.25) is 0 Å². The van der Waals surface area contributed by atoms with Crippen LogP contribution in [0.25, 0.3) is 0 Å². The predicted octanol–water partition coefficient (Wildman–Crippen LogP) is 2.93. The van der Waals surface area contributed by atoms with Crippen molar-refractivity contribution in [2.45, 2.75) is 39.3 Å². The van der Waals surface area contributed by atoms with Crippen molar-refractivity contribution in [3.05, 3.63) is 23.8 Å². The second kappa shape index (κ2) is 14.3. The fourth-order valence-electron chi connectivity index (χ4n) is 3.49. The Morgan fingerprint density at radius 3 is 2.30 bits per heavy atom.